The summed E-state index contributed by atoms with van der Waals surface area (Å²) in [6.07, 6.45) is 4.57. The van der Waals surface area contributed by atoms with Gasteiger partial charge in [0.1, 0.15) is 29.9 Å². The number of carboxylic acid groups (broad SMARTS) is 1. The van der Waals surface area contributed by atoms with Crippen molar-refractivity contribution >= 4 is 53.1 Å². The molecule has 14 nitrogen and oxygen atoms in total. The highest BCUT2D eigenvalue weighted by Gasteiger charge is 2.38. The molecule has 0 radical (unpaired) electrons. The molecule has 264 valence electrons. The highest BCUT2D eigenvalue weighted by molar-refractivity contribution is 7.80. The van der Waals surface area contributed by atoms with E-state index in [1.165, 1.54) is 17.0 Å². The number of carbonyl (C=O) groups is 5. The second-order valence-corrected chi connectivity index (χ2v) is 12.6. The van der Waals surface area contributed by atoms with Crippen molar-refractivity contribution in [2.45, 2.75) is 75.2 Å². The van der Waals surface area contributed by atoms with Crippen LogP contribution < -0.4 is 27.4 Å². The predicted octanol–water partition coefficient (Wildman–Crippen LogP) is 0.575. The number of aliphatic carboxylic acids is 1. The molecule has 1 aliphatic rings. The first kappa shape index (κ1) is 37.2. The first-order chi connectivity index (χ1) is 23.5. The van der Waals surface area contributed by atoms with E-state index in [1.807, 2.05) is 24.3 Å². The van der Waals surface area contributed by atoms with Crippen LogP contribution in [0.2, 0.25) is 0 Å². The van der Waals surface area contributed by atoms with Gasteiger partial charge in [0.15, 0.2) is 0 Å². The third-order valence-electron chi connectivity index (χ3n) is 8.66. The molecular formula is C34H45N7O7S. The molecule has 1 aliphatic heterocycles. The van der Waals surface area contributed by atoms with Crippen molar-refractivity contribution in [1.29, 1.82) is 0 Å². The van der Waals surface area contributed by atoms with E-state index in [0.29, 0.717) is 44.3 Å². The van der Waals surface area contributed by atoms with E-state index in [2.05, 4.69) is 33.6 Å². The zero-order chi connectivity index (χ0) is 35.5. The minimum atomic E-state index is -1.32. The maximum Gasteiger partial charge on any atom is 0.327 e. The average Bonchev–Trinajstić information content (AvgIpc) is 3.75. The van der Waals surface area contributed by atoms with Gasteiger partial charge in [0, 0.05) is 42.2 Å². The summed E-state index contributed by atoms with van der Waals surface area (Å²) in [5, 5.41) is 28.0. The lowest BCUT2D eigenvalue weighted by atomic mass is 10.0. The van der Waals surface area contributed by atoms with Crippen molar-refractivity contribution in [1.82, 2.24) is 25.8 Å². The first-order valence-electron chi connectivity index (χ1n) is 16.4. The fourth-order valence-electron chi connectivity index (χ4n) is 5.95. The molecule has 4 rings (SSSR count). The first-order valence-corrected chi connectivity index (χ1v) is 17.0. The van der Waals surface area contributed by atoms with Gasteiger partial charge >= 0.3 is 5.97 Å². The van der Waals surface area contributed by atoms with Crippen molar-refractivity contribution in [3.8, 4) is 5.75 Å². The smallest absolute Gasteiger partial charge is 0.327 e. The largest absolute Gasteiger partial charge is 0.508 e. The molecule has 3 aromatic rings. The Labute approximate surface area is 289 Å². The molecule has 0 unspecified atom stereocenters. The number of aromatic nitrogens is 1. The molecule has 1 aromatic heterocycles. The van der Waals surface area contributed by atoms with E-state index in [0.717, 1.165) is 22.9 Å². The Morgan fingerprint density at radius 2 is 1.61 bits per heavy atom. The molecular weight excluding hydrogens is 650 g/mol. The molecule has 15 heteroatoms. The van der Waals surface area contributed by atoms with Crippen molar-refractivity contribution in [2.75, 3.05) is 18.8 Å². The Hall–Kier alpha value is -4.60. The van der Waals surface area contributed by atoms with Gasteiger partial charge in [-0.3, -0.25) is 19.2 Å². The number of H-pyrrole nitrogens is 1. The molecule has 0 saturated carbocycles. The average molecular weight is 696 g/mol. The van der Waals surface area contributed by atoms with Gasteiger partial charge in [0.05, 0.1) is 6.04 Å². The van der Waals surface area contributed by atoms with E-state index in [-0.39, 0.29) is 30.3 Å². The highest BCUT2D eigenvalue weighted by atomic mass is 32.1. The number of carbonyl (C=O) groups excluding carboxylic acids is 4. The molecule has 0 aliphatic carbocycles. The number of carboxylic acids is 1. The molecule has 0 spiro atoms. The zero-order valence-corrected chi connectivity index (χ0v) is 28.0. The molecule has 2 aromatic carbocycles. The van der Waals surface area contributed by atoms with Gasteiger partial charge in [0.2, 0.25) is 23.6 Å². The number of likely N-dealkylation sites (tertiary alicyclic amines) is 1. The van der Waals surface area contributed by atoms with Gasteiger partial charge in [-0.1, -0.05) is 36.8 Å². The number of hydrogen-bond donors (Lipinski definition) is 9. The number of phenols is 1. The summed E-state index contributed by atoms with van der Waals surface area (Å²) < 4.78 is 0. The Morgan fingerprint density at radius 1 is 0.939 bits per heavy atom. The lowest BCUT2D eigenvalue weighted by molar-refractivity contribution is -0.141. The fourth-order valence-corrected chi connectivity index (χ4v) is 6.20. The Morgan fingerprint density at radius 3 is 2.29 bits per heavy atom. The van der Waals surface area contributed by atoms with Gasteiger partial charge in [-0.15, -0.1) is 0 Å². The highest BCUT2D eigenvalue weighted by Crippen LogP contribution is 2.22. The second kappa shape index (κ2) is 17.7. The predicted molar refractivity (Wildman–Crippen MR) is 187 cm³/mol. The van der Waals surface area contributed by atoms with Crippen LogP contribution in [0.15, 0.2) is 54.7 Å². The standard InChI is InChI=1S/C34H45N7O7S/c35-14-4-3-7-24(36)33(46)41-15-5-9-29(41)32(45)39-27(17-21-18-37-25-8-2-1-6-23(21)25)31(44)38-26(16-20-10-12-22(42)13-11-20)30(43)40-28(19-49)34(47)48/h1-2,6,8,10-13,18,24,26-29,37,42,49H,3-5,7,9,14-17,19,35-36H2,(H,38,44)(H,39,45)(H,40,43)(H,47,48)/t24-,26-,27-,28-,29-/m0/s1. The van der Waals surface area contributed by atoms with Crippen LogP contribution in [0.3, 0.4) is 0 Å². The Bertz CT molecular complexity index is 1620. The van der Waals surface area contributed by atoms with E-state index in [1.54, 1.807) is 18.3 Å². The van der Waals surface area contributed by atoms with E-state index in [4.69, 9.17) is 11.5 Å². The summed E-state index contributed by atoms with van der Waals surface area (Å²) in [7, 11) is 0. The fraction of sp³-hybridized carbons (Fsp3) is 0.441. The van der Waals surface area contributed by atoms with Crippen LogP contribution in [-0.4, -0.2) is 98.7 Å². The molecule has 5 atom stereocenters. The van der Waals surface area contributed by atoms with E-state index < -0.39 is 53.9 Å². The van der Waals surface area contributed by atoms with Gasteiger partial charge in [0.25, 0.3) is 0 Å². The monoisotopic (exact) mass is 695 g/mol. The van der Waals surface area contributed by atoms with Crippen LogP contribution in [0.25, 0.3) is 10.9 Å². The number of nitrogens with zero attached hydrogens (tertiary/aromatic N) is 1. The molecule has 4 amide bonds. The molecule has 10 N–H and O–H groups in total. The van der Waals surface area contributed by atoms with Crippen molar-refractivity contribution in [3.05, 3.63) is 65.9 Å². The third-order valence-corrected chi connectivity index (χ3v) is 9.03. The van der Waals surface area contributed by atoms with E-state index in [9.17, 15) is 34.2 Å². The number of aromatic amines is 1. The van der Waals surface area contributed by atoms with Crippen LogP contribution in [0.4, 0.5) is 0 Å². The van der Waals surface area contributed by atoms with Crippen molar-refractivity contribution in [3.63, 3.8) is 0 Å². The maximum atomic E-state index is 14.1. The number of nitrogens with one attached hydrogen (secondary N) is 4. The minimum absolute atomic E-state index is 0.00672. The number of benzene rings is 2. The number of nitrogens with two attached hydrogens (primary N) is 2. The SMILES string of the molecule is NCCCC[C@H](N)C(=O)N1CCC[C@H]1C(=O)N[C@@H](Cc1c[nH]c2ccccc12)C(=O)N[C@@H](Cc1ccc(O)cc1)C(=O)N[C@@H](CS)C(=O)O. The van der Waals surface area contributed by atoms with Gasteiger partial charge in [-0.2, -0.15) is 12.6 Å². The number of para-hydroxylation sites is 1. The summed E-state index contributed by atoms with van der Waals surface area (Å²) in [4.78, 5) is 70.9. The summed E-state index contributed by atoms with van der Waals surface area (Å²) in [6, 6.07) is 8.12. The normalized spacial score (nSPS) is 16.8. The van der Waals surface area contributed by atoms with Crippen LogP contribution in [0.1, 0.15) is 43.2 Å². The molecule has 2 heterocycles. The Kier molecular flexibility index (Phi) is 13.4. The number of unbranched alkanes of at least 4 members (excludes halogenated alkanes) is 1. The number of hydrogen-bond acceptors (Lipinski definition) is 9. The number of phenolic OH excluding ortho intramolecular Hbond substituents is 1. The van der Waals surface area contributed by atoms with Crippen LogP contribution >= 0.6 is 12.6 Å². The lowest BCUT2D eigenvalue weighted by Crippen LogP contribution is -2.59. The number of thiol groups is 1. The molecule has 1 saturated heterocycles. The summed E-state index contributed by atoms with van der Waals surface area (Å²) >= 11 is 4.02. The van der Waals surface area contributed by atoms with Crippen LogP contribution in [0.5, 0.6) is 5.75 Å². The Balaban J connectivity index is 1.59. The van der Waals surface area contributed by atoms with Crippen LogP contribution in [0, 0.1) is 0 Å². The number of rotatable bonds is 17. The van der Waals surface area contributed by atoms with Gasteiger partial charge in [-0.05, 0) is 61.6 Å². The molecule has 0 bridgehead atoms. The summed E-state index contributed by atoms with van der Waals surface area (Å²) in [5.41, 5.74) is 13.9. The number of fused-ring (bicyclic) bond motifs is 1. The third kappa shape index (κ3) is 9.96. The molecule has 49 heavy (non-hydrogen) atoms. The number of aromatic hydroxyl groups is 1. The van der Waals surface area contributed by atoms with E-state index >= 15 is 0 Å². The zero-order valence-electron chi connectivity index (χ0n) is 27.1. The molecule has 1 fully saturated rings. The van der Waals surface area contributed by atoms with Crippen LogP contribution in [-0.2, 0) is 36.8 Å². The van der Waals surface area contributed by atoms with Gasteiger partial charge in [-0.25, -0.2) is 4.79 Å². The summed E-state index contributed by atoms with van der Waals surface area (Å²) in [6.45, 7) is 0.841. The maximum absolute atomic E-state index is 14.1. The minimum Gasteiger partial charge on any atom is -0.508 e. The summed E-state index contributed by atoms with van der Waals surface area (Å²) in [5.74, 6) is -3.80. The van der Waals surface area contributed by atoms with Crippen molar-refractivity contribution < 1.29 is 34.2 Å². The topological polar surface area (TPSA) is 233 Å². The van der Waals surface area contributed by atoms with Crippen molar-refractivity contribution in [2.24, 2.45) is 11.5 Å². The quantitative estimate of drug-likeness (QED) is 0.0709. The lowest BCUT2D eigenvalue weighted by Gasteiger charge is -2.29. The second-order valence-electron chi connectivity index (χ2n) is 12.2. The number of amides is 4. The van der Waals surface area contributed by atoms with Gasteiger partial charge < -0.3 is 47.5 Å².